The minimum atomic E-state index is -1.63. The largest absolute Gasteiger partial charge is 0.545 e. The Labute approximate surface area is 435 Å². The molecule has 2 unspecified atom stereocenters. The SMILES string of the molecule is CC/C=C\C/C=C\C/C=C\C/C=C\C/C=C\CCCCCCCCCCCCCCCC(=O)OC(COC(=O)CCCCCCCCC/C=C\C/C=C\C/C=C\CC)COC(OCC[N+](C)(C)C)C(=O)[O-]. The van der Waals surface area contributed by atoms with Gasteiger partial charge in [-0.05, 0) is 89.9 Å². The van der Waals surface area contributed by atoms with Gasteiger partial charge >= 0.3 is 11.9 Å². The van der Waals surface area contributed by atoms with Gasteiger partial charge in [-0.3, -0.25) is 9.59 Å². The monoisotopic (exact) mass is 992 g/mol. The van der Waals surface area contributed by atoms with E-state index in [1.807, 2.05) is 21.1 Å². The fourth-order valence-corrected chi connectivity index (χ4v) is 7.52. The molecule has 9 nitrogen and oxygen atoms in total. The number of carbonyl (C=O) groups excluding carboxylic acids is 3. The summed E-state index contributed by atoms with van der Waals surface area (Å²) in [5.74, 6) is -2.30. The zero-order valence-electron chi connectivity index (χ0n) is 46.1. The smallest absolute Gasteiger partial charge is 0.306 e. The molecule has 0 aliphatic rings. The van der Waals surface area contributed by atoms with Crippen LogP contribution in [0.2, 0.25) is 0 Å². The summed E-state index contributed by atoms with van der Waals surface area (Å²) in [6.45, 7) is 4.51. The molecule has 0 aliphatic heterocycles. The van der Waals surface area contributed by atoms with Crippen molar-refractivity contribution in [2.24, 2.45) is 0 Å². The van der Waals surface area contributed by atoms with Crippen LogP contribution in [0.5, 0.6) is 0 Å². The first kappa shape index (κ1) is 67.2. The molecule has 0 fully saturated rings. The van der Waals surface area contributed by atoms with Crippen molar-refractivity contribution in [2.45, 2.75) is 232 Å². The number of carboxylic acid groups (broad SMARTS) is 1. The average Bonchev–Trinajstić information content (AvgIpc) is 3.34. The molecule has 0 rings (SSSR count). The molecule has 0 aromatic carbocycles. The summed E-state index contributed by atoms with van der Waals surface area (Å²) in [7, 11) is 5.91. The standard InChI is InChI=1S/C62H105NO8/c1-6-8-10-12-14-16-18-20-22-24-25-26-27-28-29-30-31-32-33-34-35-37-39-41-43-45-47-49-51-53-60(65)71-58(57-70-62(61(66)67)68-55-54-63(3,4)5)56-69-59(64)52-50-48-46-44-42-40-38-36-23-21-19-17-15-13-11-9-7-2/h8-11,14-17,20-23,25-26,28-29,58,62H,6-7,12-13,18-19,24,27,30-57H2,1-5H3/b10-8-,11-9-,16-14-,17-15-,22-20-,23-21-,26-25-,29-28-. The van der Waals surface area contributed by atoms with Gasteiger partial charge in [0.05, 0.1) is 40.3 Å². The van der Waals surface area contributed by atoms with Gasteiger partial charge in [0.2, 0.25) is 0 Å². The molecule has 71 heavy (non-hydrogen) atoms. The van der Waals surface area contributed by atoms with Crippen LogP contribution in [0.3, 0.4) is 0 Å². The van der Waals surface area contributed by atoms with E-state index in [0.29, 0.717) is 17.4 Å². The molecule has 406 valence electrons. The Morgan fingerprint density at radius 1 is 0.423 bits per heavy atom. The van der Waals surface area contributed by atoms with E-state index in [2.05, 4.69) is 111 Å². The zero-order valence-corrected chi connectivity index (χ0v) is 46.1. The molecule has 0 saturated heterocycles. The van der Waals surface area contributed by atoms with Gasteiger partial charge in [0.15, 0.2) is 12.4 Å². The minimum Gasteiger partial charge on any atom is -0.545 e. The number of rotatable bonds is 51. The van der Waals surface area contributed by atoms with Gasteiger partial charge in [-0.15, -0.1) is 0 Å². The van der Waals surface area contributed by atoms with Crippen LogP contribution in [0, 0.1) is 0 Å². The Morgan fingerprint density at radius 3 is 1.13 bits per heavy atom. The van der Waals surface area contributed by atoms with Crippen LogP contribution in [0.4, 0.5) is 0 Å². The van der Waals surface area contributed by atoms with Crippen molar-refractivity contribution in [3.05, 3.63) is 97.2 Å². The van der Waals surface area contributed by atoms with Crippen molar-refractivity contribution >= 4 is 17.9 Å². The molecule has 0 radical (unpaired) electrons. The molecule has 0 bridgehead atoms. The minimum absolute atomic E-state index is 0.142. The molecule has 0 aromatic heterocycles. The highest BCUT2D eigenvalue weighted by molar-refractivity contribution is 5.70. The third-order valence-electron chi connectivity index (χ3n) is 11.8. The van der Waals surface area contributed by atoms with Gasteiger partial charge in [0.25, 0.3) is 0 Å². The third kappa shape index (κ3) is 53.8. The predicted molar refractivity (Wildman–Crippen MR) is 297 cm³/mol. The van der Waals surface area contributed by atoms with Gasteiger partial charge in [0.1, 0.15) is 13.2 Å². The van der Waals surface area contributed by atoms with Gasteiger partial charge in [-0.2, -0.15) is 0 Å². The number of ether oxygens (including phenoxy) is 4. The summed E-state index contributed by atoms with van der Waals surface area (Å²) < 4.78 is 22.7. The maximum Gasteiger partial charge on any atom is 0.306 e. The first-order chi connectivity index (χ1) is 34.6. The molecule has 9 heteroatoms. The van der Waals surface area contributed by atoms with E-state index in [4.69, 9.17) is 18.9 Å². The van der Waals surface area contributed by atoms with Crippen LogP contribution in [0.25, 0.3) is 0 Å². The lowest BCUT2D eigenvalue weighted by molar-refractivity contribution is -0.870. The second-order valence-corrected chi connectivity index (χ2v) is 19.8. The second-order valence-electron chi connectivity index (χ2n) is 19.8. The van der Waals surface area contributed by atoms with Crippen molar-refractivity contribution < 1.29 is 42.9 Å². The highest BCUT2D eigenvalue weighted by Crippen LogP contribution is 2.15. The fourth-order valence-electron chi connectivity index (χ4n) is 7.52. The molecular weight excluding hydrogens is 887 g/mol. The zero-order chi connectivity index (χ0) is 52.0. The van der Waals surface area contributed by atoms with E-state index >= 15 is 0 Å². The highest BCUT2D eigenvalue weighted by Gasteiger charge is 2.22. The number of nitrogens with zero attached hydrogens (tertiary/aromatic N) is 1. The van der Waals surface area contributed by atoms with E-state index < -0.39 is 24.3 Å². The molecule has 0 aromatic rings. The van der Waals surface area contributed by atoms with Crippen LogP contribution < -0.4 is 5.11 Å². The number of aliphatic carboxylic acids is 1. The number of hydrogen-bond acceptors (Lipinski definition) is 8. The summed E-state index contributed by atoms with van der Waals surface area (Å²) in [5.41, 5.74) is 0. The van der Waals surface area contributed by atoms with Gasteiger partial charge < -0.3 is 33.3 Å². The van der Waals surface area contributed by atoms with Crippen LogP contribution in [0.1, 0.15) is 219 Å². The molecule has 0 heterocycles. The number of unbranched alkanes of at least 4 members (excludes halogenated alkanes) is 20. The topological polar surface area (TPSA) is 111 Å². The van der Waals surface area contributed by atoms with Crippen molar-refractivity contribution in [1.82, 2.24) is 0 Å². The Hall–Kier alpha value is -3.79. The quantitative estimate of drug-likeness (QED) is 0.0195. The number of allylic oxidation sites excluding steroid dienone is 16. The molecular formula is C62H105NO8. The molecule has 0 saturated carbocycles. The molecule has 2 atom stereocenters. The Bertz CT molecular complexity index is 1480. The van der Waals surface area contributed by atoms with Gasteiger partial charge in [0, 0.05) is 12.8 Å². The van der Waals surface area contributed by atoms with Crippen molar-refractivity contribution in [3.8, 4) is 0 Å². The van der Waals surface area contributed by atoms with E-state index in [1.54, 1.807) is 0 Å². The van der Waals surface area contributed by atoms with Crippen molar-refractivity contribution in [1.29, 1.82) is 0 Å². The third-order valence-corrected chi connectivity index (χ3v) is 11.8. The number of esters is 2. The van der Waals surface area contributed by atoms with Crippen LogP contribution in [-0.2, 0) is 33.3 Å². The maximum absolute atomic E-state index is 12.9. The van der Waals surface area contributed by atoms with Crippen LogP contribution in [0.15, 0.2) is 97.2 Å². The van der Waals surface area contributed by atoms with Crippen LogP contribution >= 0.6 is 0 Å². The average molecular weight is 993 g/mol. The summed E-state index contributed by atoms with van der Waals surface area (Å²) >= 11 is 0. The lowest BCUT2D eigenvalue weighted by atomic mass is 10.0. The summed E-state index contributed by atoms with van der Waals surface area (Å²) in [6.07, 6.45) is 67.4. The fraction of sp³-hybridized carbons (Fsp3) is 0.694. The van der Waals surface area contributed by atoms with Gasteiger partial charge in [-0.1, -0.05) is 214 Å². The lowest BCUT2D eigenvalue weighted by Crippen LogP contribution is -2.44. The Morgan fingerprint density at radius 2 is 0.761 bits per heavy atom. The highest BCUT2D eigenvalue weighted by atomic mass is 16.7. The molecule has 0 aliphatic carbocycles. The maximum atomic E-state index is 12.9. The lowest BCUT2D eigenvalue weighted by Gasteiger charge is -2.26. The van der Waals surface area contributed by atoms with E-state index in [9.17, 15) is 19.5 Å². The normalized spacial score (nSPS) is 13.5. The van der Waals surface area contributed by atoms with Gasteiger partial charge in [-0.25, -0.2) is 0 Å². The summed E-state index contributed by atoms with van der Waals surface area (Å²) in [4.78, 5) is 37.3. The number of hydrogen-bond donors (Lipinski definition) is 0. The molecule has 0 amide bonds. The van der Waals surface area contributed by atoms with Crippen LogP contribution in [-0.4, -0.2) is 82.3 Å². The molecule has 0 N–H and O–H groups in total. The van der Waals surface area contributed by atoms with E-state index in [0.717, 1.165) is 103 Å². The molecule has 0 spiro atoms. The van der Waals surface area contributed by atoms with Crippen molar-refractivity contribution in [3.63, 3.8) is 0 Å². The first-order valence-electron chi connectivity index (χ1n) is 28.4. The second kappa shape index (κ2) is 52.5. The number of likely N-dealkylation sites (N-methyl/N-ethyl adjacent to an activating group) is 1. The summed E-state index contributed by atoms with van der Waals surface area (Å²) in [5, 5.41) is 11.8. The summed E-state index contributed by atoms with van der Waals surface area (Å²) in [6, 6.07) is 0. The Balaban J connectivity index is 4.24. The van der Waals surface area contributed by atoms with E-state index in [-0.39, 0.29) is 38.6 Å². The number of carbonyl (C=O) groups is 3. The number of quaternary nitrogens is 1. The first-order valence-corrected chi connectivity index (χ1v) is 28.4. The number of carboxylic acids is 1. The van der Waals surface area contributed by atoms with E-state index in [1.165, 1.54) is 83.5 Å². The van der Waals surface area contributed by atoms with Crippen molar-refractivity contribution in [2.75, 3.05) is 47.5 Å². The predicted octanol–water partition coefficient (Wildman–Crippen LogP) is 15.2. The Kier molecular flexibility index (Phi) is 49.7.